The van der Waals surface area contributed by atoms with Crippen molar-refractivity contribution in [1.29, 1.82) is 0 Å². The van der Waals surface area contributed by atoms with Crippen LogP contribution < -0.4 is 15.5 Å². The smallest absolute Gasteiger partial charge is 0.226 e. The molecule has 7 heteroatoms. The van der Waals surface area contributed by atoms with E-state index in [4.69, 9.17) is 12.2 Å². The molecule has 1 aliphatic heterocycles. The average Bonchev–Trinajstić information content (AvgIpc) is 3.28. The highest BCUT2D eigenvalue weighted by molar-refractivity contribution is 7.80. The molecule has 166 valence electrons. The van der Waals surface area contributed by atoms with Gasteiger partial charge in [0.05, 0.1) is 11.7 Å². The maximum absolute atomic E-state index is 12.2. The van der Waals surface area contributed by atoms with Gasteiger partial charge in [-0.3, -0.25) is 9.78 Å². The van der Waals surface area contributed by atoms with Crippen molar-refractivity contribution in [3.63, 3.8) is 0 Å². The van der Waals surface area contributed by atoms with Crippen molar-refractivity contribution in [2.75, 3.05) is 10.2 Å². The summed E-state index contributed by atoms with van der Waals surface area (Å²) in [4.78, 5) is 18.9. The number of hydrogen-bond acceptors (Lipinski definition) is 3. The molecule has 0 bridgehead atoms. The summed E-state index contributed by atoms with van der Waals surface area (Å²) < 4.78 is 2.20. The Kier molecular flexibility index (Phi) is 6.02. The maximum Gasteiger partial charge on any atom is 0.226 e. The first-order valence-electron chi connectivity index (χ1n) is 10.8. The van der Waals surface area contributed by atoms with E-state index in [2.05, 4.69) is 57.3 Å². The molecule has 4 rings (SSSR count). The van der Waals surface area contributed by atoms with Gasteiger partial charge in [-0.05, 0) is 74.1 Å². The number of pyridine rings is 1. The van der Waals surface area contributed by atoms with E-state index in [1.807, 2.05) is 57.3 Å². The predicted octanol–water partition coefficient (Wildman–Crippen LogP) is 4.81. The number of rotatable bonds is 5. The van der Waals surface area contributed by atoms with Crippen LogP contribution in [0, 0.1) is 19.8 Å². The Hall–Kier alpha value is -3.19. The fraction of sp³-hybridized carbons (Fsp3) is 0.320. The van der Waals surface area contributed by atoms with E-state index >= 15 is 0 Å². The zero-order valence-corrected chi connectivity index (χ0v) is 19.9. The van der Waals surface area contributed by atoms with Crippen LogP contribution in [0.4, 0.5) is 11.4 Å². The quantitative estimate of drug-likeness (QED) is 0.550. The molecule has 3 heterocycles. The zero-order valence-electron chi connectivity index (χ0n) is 19.1. The van der Waals surface area contributed by atoms with Gasteiger partial charge in [0.25, 0.3) is 0 Å². The molecular weight excluding hydrogens is 418 g/mol. The molecule has 1 amide bonds. The fourth-order valence-corrected chi connectivity index (χ4v) is 4.42. The number of carbonyl (C=O) groups excluding carboxylic acids is 1. The van der Waals surface area contributed by atoms with E-state index in [-0.39, 0.29) is 23.9 Å². The summed E-state index contributed by atoms with van der Waals surface area (Å²) in [5.41, 5.74) is 6.06. The molecule has 2 atom stereocenters. The van der Waals surface area contributed by atoms with E-state index in [0.717, 1.165) is 28.3 Å². The van der Waals surface area contributed by atoms with E-state index in [0.29, 0.717) is 5.11 Å². The number of nitrogens with zero attached hydrogens (tertiary/aromatic N) is 3. The molecular formula is C25H29N5OS. The molecule has 0 aliphatic carbocycles. The number of aryl methyl sites for hydroxylation is 2. The number of anilines is 2. The Morgan fingerprint density at radius 2 is 1.94 bits per heavy atom. The lowest BCUT2D eigenvalue weighted by Crippen LogP contribution is -2.30. The Bertz CT molecular complexity index is 1150. The normalized spacial score (nSPS) is 18.2. The molecule has 0 spiro atoms. The van der Waals surface area contributed by atoms with Crippen molar-refractivity contribution in [3.05, 3.63) is 77.4 Å². The number of aromatic nitrogens is 2. The van der Waals surface area contributed by atoms with Crippen LogP contribution in [-0.2, 0) is 11.8 Å². The van der Waals surface area contributed by atoms with Crippen LogP contribution >= 0.6 is 12.2 Å². The molecule has 2 aromatic heterocycles. The van der Waals surface area contributed by atoms with Gasteiger partial charge in [0.1, 0.15) is 6.04 Å². The van der Waals surface area contributed by atoms with Crippen LogP contribution in [-0.4, -0.2) is 20.6 Å². The second-order valence-corrected chi connectivity index (χ2v) is 8.99. The van der Waals surface area contributed by atoms with Crippen LogP contribution in [0.1, 0.15) is 48.6 Å². The van der Waals surface area contributed by atoms with Gasteiger partial charge in [0.2, 0.25) is 5.91 Å². The van der Waals surface area contributed by atoms with Gasteiger partial charge in [0, 0.05) is 41.9 Å². The summed E-state index contributed by atoms with van der Waals surface area (Å²) in [5.74, 6) is -0.0693. The van der Waals surface area contributed by atoms with Crippen LogP contribution in [0.25, 0.3) is 0 Å². The Morgan fingerprint density at radius 3 is 2.53 bits per heavy atom. The van der Waals surface area contributed by atoms with Gasteiger partial charge >= 0.3 is 0 Å². The molecule has 0 unspecified atom stereocenters. The van der Waals surface area contributed by atoms with E-state index in [1.54, 1.807) is 0 Å². The largest absolute Gasteiger partial charge is 0.351 e. The Morgan fingerprint density at radius 1 is 1.16 bits per heavy atom. The number of nitrogens with one attached hydrogen (secondary N) is 2. The molecule has 2 N–H and O–H groups in total. The van der Waals surface area contributed by atoms with Gasteiger partial charge in [-0.1, -0.05) is 19.9 Å². The summed E-state index contributed by atoms with van der Waals surface area (Å²) >= 11 is 5.81. The van der Waals surface area contributed by atoms with Crippen LogP contribution in [0.3, 0.4) is 0 Å². The summed E-state index contributed by atoms with van der Waals surface area (Å²) in [6.45, 7) is 7.87. The van der Waals surface area contributed by atoms with Gasteiger partial charge in [-0.15, -0.1) is 0 Å². The lowest BCUT2D eigenvalue weighted by Gasteiger charge is -2.29. The maximum atomic E-state index is 12.2. The van der Waals surface area contributed by atoms with Crippen LogP contribution in [0.2, 0.25) is 0 Å². The summed E-state index contributed by atoms with van der Waals surface area (Å²) in [5, 5.41) is 7.16. The number of thiocarbonyl (C=S) groups is 1. The number of carbonyl (C=O) groups is 1. The van der Waals surface area contributed by atoms with E-state index in [9.17, 15) is 4.79 Å². The molecule has 1 aromatic carbocycles. The number of hydrogen-bond donors (Lipinski definition) is 2. The Labute approximate surface area is 194 Å². The molecule has 0 saturated carbocycles. The summed E-state index contributed by atoms with van der Waals surface area (Å²) in [7, 11) is 2.08. The molecule has 0 radical (unpaired) electrons. The first kappa shape index (κ1) is 22.0. The lowest BCUT2D eigenvalue weighted by atomic mass is 10.0. The van der Waals surface area contributed by atoms with E-state index in [1.165, 1.54) is 5.69 Å². The third kappa shape index (κ3) is 4.00. The second kappa shape index (κ2) is 8.74. The first-order chi connectivity index (χ1) is 15.3. The number of benzene rings is 1. The van der Waals surface area contributed by atoms with Gasteiger partial charge in [-0.2, -0.15) is 0 Å². The molecule has 1 fully saturated rings. The predicted molar refractivity (Wildman–Crippen MR) is 133 cm³/mol. The van der Waals surface area contributed by atoms with E-state index < -0.39 is 0 Å². The topological polar surface area (TPSA) is 62.2 Å². The van der Waals surface area contributed by atoms with Crippen LogP contribution in [0.15, 0.2) is 54.7 Å². The number of amides is 1. The third-order valence-corrected chi connectivity index (χ3v) is 6.40. The molecule has 3 aromatic rings. The van der Waals surface area contributed by atoms with Crippen molar-refractivity contribution >= 4 is 34.6 Å². The van der Waals surface area contributed by atoms with Crippen molar-refractivity contribution in [2.45, 2.75) is 39.8 Å². The van der Waals surface area contributed by atoms with Crippen molar-refractivity contribution < 1.29 is 4.79 Å². The van der Waals surface area contributed by atoms with Crippen molar-refractivity contribution in [3.8, 4) is 0 Å². The first-order valence-corrected chi connectivity index (χ1v) is 11.2. The molecule has 6 nitrogen and oxygen atoms in total. The highest BCUT2D eigenvalue weighted by Gasteiger charge is 2.42. The standard InChI is InChI=1S/C25H29N5OS/c1-15(2)24(31)27-19-11-10-18(14-16(19)3)30-23(21-12-9-17(4)29(21)5)22(28-25(30)32)20-8-6-7-13-26-20/h6-15,22-23H,1-5H3,(H,27,31)(H,28,32)/t22-,23-/m1/s1. The van der Waals surface area contributed by atoms with Crippen molar-refractivity contribution in [1.82, 2.24) is 14.9 Å². The average molecular weight is 448 g/mol. The monoisotopic (exact) mass is 447 g/mol. The molecule has 32 heavy (non-hydrogen) atoms. The zero-order chi connectivity index (χ0) is 23.0. The van der Waals surface area contributed by atoms with Crippen LogP contribution in [0.5, 0.6) is 0 Å². The fourth-order valence-electron chi connectivity index (χ4n) is 4.08. The minimum atomic E-state index is -0.0858. The SMILES string of the molecule is Cc1cc(N2C(=S)N[C@H](c3ccccn3)[C@H]2c2ccc(C)n2C)ccc1NC(=O)C(C)C. The highest BCUT2D eigenvalue weighted by Crippen LogP contribution is 2.42. The van der Waals surface area contributed by atoms with Gasteiger partial charge in [0.15, 0.2) is 5.11 Å². The Balaban J connectivity index is 1.76. The van der Waals surface area contributed by atoms with Gasteiger partial charge in [-0.25, -0.2) is 0 Å². The highest BCUT2D eigenvalue weighted by atomic mass is 32.1. The minimum Gasteiger partial charge on any atom is -0.351 e. The van der Waals surface area contributed by atoms with Crippen molar-refractivity contribution in [2.24, 2.45) is 13.0 Å². The van der Waals surface area contributed by atoms with Gasteiger partial charge < -0.3 is 20.1 Å². The molecule has 1 aliphatic rings. The lowest BCUT2D eigenvalue weighted by molar-refractivity contribution is -0.118. The molecule has 1 saturated heterocycles. The summed E-state index contributed by atoms with van der Waals surface area (Å²) in [6.07, 6.45) is 1.81. The minimum absolute atomic E-state index is 0.00610. The second-order valence-electron chi connectivity index (χ2n) is 8.60. The summed E-state index contributed by atoms with van der Waals surface area (Å²) in [6, 6.07) is 16.1. The third-order valence-electron chi connectivity index (χ3n) is 6.08.